The maximum Gasteiger partial charge on any atom is 0.277 e. The number of nitrogens with one attached hydrogen (secondary N) is 1. The van der Waals surface area contributed by atoms with E-state index in [0.717, 1.165) is 27.8 Å². The molecule has 0 spiro atoms. The number of hydrogen-bond acceptors (Lipinski definition) is 8. The maximum atomic E-state index is 13.1. The van der Waals surface area contributed by atoms with Crippen molar-refractivity contribution < 1.29 is 19.4 Å². The van der Waals surface area contributed by atoms with Crippen molar-refractivity contribution in [3.63, 3.8) is 0 Å². The molecule has 1 saturated heterocycles. The van der Waals surface area contributed by atoms with Crippen molar-refractivity contribution in [1.29, 1.82) is 0 Å². The molecule has 5 rings (SSSR count). The van der Waals surface area contributed by atoms with Crippen molar-refractivity contribution in [3.8, 4) is 11.5 Å². The first-order valence-corrected chi connectivity index (χ1v) is 11.1. The van der Waals surface area contributed by atoms with Crippen LogP contribution in [0.5, 0.6) is 0 Å². The summed E-state index contributed by atoms with van der Waals surface area (Å²) in [5.74, 6) is -0.0512. The van der Waals surface area contributed by atoms with Gasteiger partial charge in [0.2, 0.25) is 5.89 Å². The Labute approximate surface area is 208 Å². The summed E-state index contributed by atoms with van der Waals surface area (Å²) in [5.41, 5.74) is 2.96. The van der Waals surface area contributed by atoms with Crippen LogP contribution in [-0.4, -0.2) is 61.2 Å². The molecule has 4 aromatic rings. The van der Waals surface area contributed by atoms with Gasteiger partial charge < -0.3 is 24.8 Å². The average molecular weight is 499 g/mol. The van der Waals surface area contributed by atoms with Crippen molar-refractivity contribution in [2.75, 3.05) is 29.9 Å². The average Bonchev–Trinajstić information content (AvgIpc) is 3.47. The molecule has 0 atom stereocenters. The zero-order valence-corrected chi connectivity index (χ0v) is 20.2. The lowest BCUT2D eigenvalue weighted by Crippen LogP contribution is -2.46. The van der Waals surface area contributed by atoms with Crippen molar-refractivity contribution in [3.05, 3.63) is 54.3 Å². The Kier molecular flexibility index (Phi) is 6.79. The third kappa shape index (κ3) is 4.86. The Morgan fingerprint density at radius 1 is 1.26 bits per heavy atom. The van der Waals surface area contributed by atoms with Gasteiger partial charge >= 0.3 is 0 Å². The topological polar surface area (TPSA) is 130 Å². The van der Waals surface area contributed by atoms with E-state index in [2.05, 4.69) is 25.3 Å². The van der Waals surface area contributed by atoms with Crippen molar-refractivity contribution in [2.45, 2.75) is 25.4 Å². The second kappa shape index (κ2) is 9.65. The van der Waals surface area contributed by atoms with Gasteiger partial charge in [-0.1, -0.05) is 0 Å². The molecule has 10 nitrogen and oxygen atoms in total. The number of hydrogen-bond donors (Lipinski definition) is 3. The molecule has 0 bridgehead atoms. The Morgan fingerprint density at radius 3 is 2.74 bits per heavy atom. The number of rotatable bonds is 5. The molecule has 1 amide bonds. The standard InChI is InChI=1S/C24H26N6O4.ClH/c1-15-9-16(3-6-25-15)23-28-19(13-34-23)22(32)27-18-11-20-17(12-26-29(20)2)10-21(18)30-7-4-24(33,14-31)5-8-30;/h3,6,9-13,31,33H,4-5,7-8,14H2,1-2H3,(H,27,32);1H. The molecule has 3 aromatic heterocycles. The minimum atomic E-state index is -1.07. The van der Waals surface area contributed by atoms with Crippen molar-refractivity contribution in [2.24, 2.45) is 7.05 Å². The minimum absolute atomic E-state index is 0. The van der Waals surface area contributed by atoms with Gasteiger partial charge in [-0.15, -0.1) is 12.4 Å². The van der Waals surface area contributed by atoms with E-state index in [1.54, 1.807) is 23.1 Å². The maximum absolute atomic E-state index is 13.1. The normalized spacial score (nSPS) is 15.1. The highest BCUT2D eigenvalue weighted by Gasteiger charge is 2.32. The lowest BCUT2D eigenvalue weighted by atomic mass is 9.92. The molecule has 11 heteroatoms. The molecule has 184 valence electrons. The van der Waals surface area contributed by atoms with Crippen LogP contribution in [0.3, 0.4) is 0 Å². The summed E-state index contributed by atoms with van der Waals surface area (Å²) in [6.07, 6.45) is 5.64. The summed E-state index contributed by atoms with van der Waals surface area (Å²) in [6, 6.07) is 7.48. The van der Waals surface area contributed by atoms with Crippen LogP contribution in [-0.2, 0) is 7.05 Å². The summed E-state index contributed by atoms with van der Waals surface area (Å²) >= 11 is 0. The van der Waals surface area contributed by atoms with Gasteiger partial charge in [0.1, 0.15) is 6.26 Å². The number of halogens is 1. The second-order valence-corrected chi connectivity index (χ2v) is 8.74. The van der Waals surface area contributed by atoms with Crippen LogP contribution in [0.4, 0.5) is 11.4 Å². The van der Waals surface area contributed by atoms with Crippen molar-refractivity contribution in [1.82, 2.24) is 19.7 Å². The van der Waals surface area contributed by atoms with E-state index in [1.807, 2.05) is 32.2 Å². The van der Waals surface area contributed by atoms with Gasteiger partial charge in [-0.2, -0.15) is 5.10 Å². The highest BCUT2D eigenvalue weighted by atomic mass is 35.5. The van der Waals surface area contributed by atoms with Gasteiger partial charge in [0.15, 0.2) is 5.69 Å². The monoisotopic (exact) mass is 498 g/mol. The number of amides is 1. The molecule has 1 aromatic carbocycles. The summed E-state index contributed by atoms with van der Waals surface area (Å²) in [4.78, 5) is 23.7. The zero-order chi connectivity index (χ0) is 23.9. The predicted octanol–water partition coefficient (Wildman–Crippen LogP) is 2.93. The van der Waals surface area contributed by atoms with Gasteiger partial charge in [-0.25, -0.2) is 4.98 Å². The number of anilines is 2. The third-order valence-electron chi connectivity index (χ3n) is 6.32. The number of benzene rings is 1. The number of aliphatic hydroxyl groups is 2. The Morgan fingerprint density at radius 2 is 2.03 bits per heavy atom. The Hall–Kier alpha value is -3.47. The number of fused-ring (bicyclic) bond motifs is 1. The minimum Gasteiger partial charge on any atom is -0.444 e. The fourth-order valence-electron chi connectivity index (χ4n) is 4.25. The number of pyridine rings is 1. The van der Waals surface area contributed by atoms with Crippen LogP contribution in [0.25, 0.3) is 22.4 Å². The van der Waals surface area contributed by atoms with E-state index in [9.17, 15) is 15.0 Å². The van der Waals surface area contributed by atoms with Crippen LogP contribution >= 0.6 is 12.4 Å². The van der Waals surface area contributed by atoms with Crippen LogP contribution in [0.15, 0.2) is 47.3 Å². The first-order chi connectivity index (χ1) is 16.3. The molecule has 1 fully saturated rings. The third-order valence-corrected chi connectivity index (χ3v) is 6.32. The quantitative estimate of drug-likeness (QED) is 0.383. The number of aliphatic hydroxyl groups excluding tert-OH is 1. The van der Waals surface area contributed by atoms with Crippen molar-refractivity contribution >= 4 is 40.6 Å². The van der Waals surface area contributed by atoms with Gasteiger partial charge in [-0.05, 0) is 44.0 Å². The van der Waals surface area contributed by atoms with Crippen LogP contribution < -0.4 is 10.2 Å². The molecule has 1 aliphatic heterocycles. The highest BCUT2D eigenvalue weighted by molar-refractivity contribution is 6.06. The SMILES string of the molecule is Cc1cc(-c2nc(C(=O)Nc3cc4c(cnn4C)cc3N3CCC(O)(CO)CC3)co2)ccn1.Cl. The van der Waals surface area contributed by atoms with Gasteiger partial charge in [-0.3, -0.25) is 14.5 Å². The number of nitrogens with zero attached hydrogens (tertiary/aromatic N) is 5. The summed E-state index contributed by atoms with van der Waals surface area (Å²) in [5, 5.41) is 28.1. The zero-order valence-electron chi connectivity index (χ0n) is 19.4. The largest absolute Gasteiger partial charge is 0.444 e. The van der Waals surface area contributed by atoms with Gasteiger partial charge in [0.25, 0.3) is 5.91 Å². The van der Waals surface area contributed by atoms with E-state index in [-0.39, 0.29) is 24.7 Å². The first-order valence-electron chi connectivity index (χ1n) is 11.1. The van der Waals surface area contributed by atoms with Gasteiger partial charge in [0.05, 0.1) is 35.3 Å². The fourth-order valence-corrected chi connectivity index (χ4v) is 4.25. The van der Waals surface area contributed by atoms with E-state index in [4.69, 9.17) is 4.42 Å². The van der Waals surface area contributed by atoms with Gasteiger partial charge in [0, 0.05) is 43.0 Å². The smallest absolute Gasteiger partial charge is 0.277 e. The van der Waals surface area contributed by atoms with E-state index in [0.29, 0.717) is 37.5 Å². The molecule has 1 aliphatic rings. The van der Waals surface area contributed by atoms with E-state index >= 15 is 0 Å². The number of piperidine rings is 1. The molecule has 0 unspecified atom stereocenters. The lowest BCUT2D eigenvalue weighted by molar-refractivity contribution is -0.0325. The Bertz CT molecular complexity index is 1360. The molecule has 0 radical (unpaired) electrons. The molecule has 35 heavy (non-hydrogen) atoms. The molecule has 0 aliphatic carbocycles. The van der Waals surface area contributed by atoms with Crippen LogP contribution in [0.2, 0.25) is 0 Å². The van der Waals surface area contributed by atoms with Crippen LogP contribution in [0.1, 0.15) is 29.0 Å². The summed E-state index contributed by atoms with van der Waals surface area (Å²) < 4.78 is 7.29. The number of carbonyl (C=O) groups is 1. The molecule has 4 heterocycles. The van der Waals surface area contributed by atoms with E-state index in [1.165, 1.54) is 6.26 Å². The molecule has 3 N–H and O–H groups in total. The number of oxazole rings is 1. The lowest BCUT2D eigenvalue weighted by Gasteiger charge is -2.39. The number of carbonyl (C=O) groups excluding carboxylic acids is 1. The summed E-state index contributed by atoms with van der Waals surface area (Å²) in [6.45, 7) is 2.69. The molecule has 0 saturated carbocycles. The van der Waals surface area contributed by atoms with Crippen LogP contribution in [0, 0.1) is 6.92 Å². The number of aromatic nitrogens is 4. The Balaban J connectivity index is 0.00000289. The number of aryl methyl sites for hydroxylation is 2. The highest BCUT2D eigenvalue weighted by Crippen LogP contribution is 2.35. The fraction of sp³-hybridized carbons (Fsp3) is 0.333. The predicted molar refractivity (Wildman–Crippen MR) is 134 cm³/mol. The second-order valence-electron chi connectivity index (χ2n) is 8.74. The van der Waals surface area contributed by atoms with E-state index < -0.39 is 11.5 Å². The summed E-state index contributed by atoms with van der Waals surface area (Å²) in [7, 11) is 1.84. The molecular weight excluding hydrogens is 472 g/mol. The first kappa shape index (κ1) is 24.6. The molecular formula is C24H27ClN6O4.